The summed E-state index contributed by atoms with van der Waals surface area (Å²) in [7, 11) is 0. The van der Waals surface area contributed by atoms with E-state index in [1.54, 1.807) is 24.5 Å². The Hall–Kier alpha value is -3.62. The van der Waals surface area contributed by atoms with Crippen LogP contribution in [0.25, 0.3) is 0 Å². The topological polar surface area (TPSA) is 116 Å². The van der Waals surface area contributed by atoms with Crippen molar-refractivity contribution in [1.82, 2.24) is 25.9 Å². The quantitative estimate of drug-likeness (QED) is 0.323. The lowest BCUT2D eigenvalue weighted by Crippen LogP contribution is -2.42. The van der Waals surface area contributed by atoms with E-state index in [1.807, 2.05) is 48.5 Å². The van der Waals surface area contributed by atoms with Gasteiger partial charge in [0.25, 0.3) is 5.91 Å². The Morgan fingerprint density at radius 3 is 2.00 bits per heavy atom. The van der Waals surface area contributed by atoms with E-state index < -0.39 is 17.9 Å². The third-order valence-corrected chi connectivity index (χ3v) is 4.82. The molecule has 1 aromatic carbocycles. The predicted octanol–water partition coefficient (Wildman–Crippen LogP) is 2.13. The summed E-state index contributed by atoms with van der Waals surface area (Å²) >= 11 is 0. The number of aliphatic carboxylic acids is 1. The summed E-state index contributed by atoms with van der Waals surface area (Å²) in [5.41, 5.74) is 3.27. The number of benzene rings is 1. The molecule has 4 N–H and O–H groups in total. The van der Waals surface area contributed by atoms with E-state index in [0.717, 1.165) is 17.0 Å². The van der Waals surface area contributed by atoms with Crippen molar-refractivity contribution in [3.05, 3.63) is 95.6 Å². The van der Waals surface area contributed by atoms with Crippen molar-refractivity contribution in [3.63, 3.8) is 0 Å². The number of pyridine rings is 2. The van der Waals surface area contributed by atoms with Crippen molar-refractivity contribution in [2.24, 2.45) is 0 Å². The van der Waals surface area contributed by atoms with Crippen molar-refractivity contribution in [1.29, 1.82) is 0 Å². The minimum Gasteiger partial charge on any atom is -0.480 e. The maximum atomic E-state index is 12.5. The number of hydrogen-bond acceptors (Lipinski definition) is 6. The summed E-state index contributed by atoms with van der Waals surface area (Å²) in [6, 6.07) is 17.5. The van der Waals surface area contributed by atoms with Gasteiger partial charge in [-0.3, -0.25) is 14.8 Å². The Kier molecular flexibility index (Phi) is 8.85. The molecule has 8 heteroatoms. The second kappa shape index (κ2) is 12.3. The van der Waals surface area contributed by atoms with E-state index in [1.165, 1.54) is 0 Å². The Morgan fingerprint density at radius 1 is 0.812 bits per heavy atom. The number of rotatable bonds is 12. The highest BCUT2D eigenvalue weighted by Crippen LogP contribution is 2.06. The van der Waals surface area contributed by atoms with Crippen LogP contribution in [0.4, 0.5) is 0 Å². The standard InChI is InChI=1S/C24H27N5O3/c30-23(29-22(24(31)32)11-14-25-16-20-5-1-3-12-27-20)19-9-7-18(8-10-19)15-26-17-21-6-2-4-13-28-21/h1-10,12-13,22,25-26H,11,14-17H2,(H,29,30)(H,31,32)/t22-/m0/s1. The fourth-order valence-electron chi connectivity index (χ4n) is 3.08. The van der Waals surface area contributed by atoms with Gasteiger partial charge in [0.05, 0.1) is 11.4 Å². The van der Waals surface area contributed by atoms with Crippen LogP contribution < -0.4 is 16.0 Å². The van der Waals surface area contributed by atoms with Crippen LogP contribution in [-0.4, -0.2) is 39.5 Å². The number of carbonyl (C=O) groups is 2. The van der Waals surface area contributed by atoms with E-state index in [2.05, 4.69) is 25.9 Å². The molecule has 0 saturated heterocycles. The van der Waals surface area contributed by atoms with E-state index >= 15 is 0 Å². The largest absolute Gasteiger partial charge is 0.480 e. The molecule has 166 valence electrons. The Balaban J connectivity index is 1.43. The molecule has 0 spiro atoms. The van der Waals surface area contributed by atoms with Crippen molar-refractivity contribution < 1.29 is 14.7 Å². The first kappa shape index (κ1) is 23.1. The highest BCUT2D eigenvalue weighted by atomic mass is 16.4. The predicted molar refractivity (Wildman–Crippen MR) is 121 cm³/mol. The first-order chi connectivity index (χ1) is 15.6. The van der Waals surface area contributed by atoms with Gasteiger partial charge in [0.1, 0.15) is 6.04 Å². The van der Waals surface area contributed by atoms with E-state index in [-0.39, 0.29) is 6.42 Å². The van der Waals surface area contributed by atoms with Gasteiger partial charge in [-0.2, -0.15) is 0 Å². The average molecular weight is 434 g/mol. The van der Waals surface area contributed by atoms with Crippen LogP contribution in [0.15, 0.2) is 73.1 Å². The highest BCUT2D eigenvalue weighted by Gasteiger charge is 2.20. The SMILES string of the molecule is O=C(N[C@@H](CCNCc1ccccn1)C(=O)O)c1ccc(CNCc2ccccn2)cc1. The smallest absolute Gasteiger partial charge is 0.326 e. The van der Waals surface area contributed by atoms with Crippen LogP contribution in [0.1, 0.15) is 33.7 Å². The second-order valence-electron chi connectivity index (χ2n) is 7.27. The third kappa shape index (κ3) is 7.57. The Labute approximate surface area is 187 Å². The molecule has 0 bridgehead atoms. The molecule has 1 atom stereocenters. The van der Waals surface area contributed by atoms with E-state index in [4.69, 9.17) is 0 Å². The molecular weight excluding hydrogens is 406 g/mol. The van der Waals surface area contributed by atoms with E-state index in [9.17, 15) is 14.7 Å². The fraction of sp³-hybridized carbons (Fsp3) is 0.250. The molecule has 8 nitrogen and oxygen atoms in total. The molecule has 0 unspecified atom stereocenters. The minimum absolute atomic E-state index is 0.267. The minimum atomic E-state index is -1.06. The monoisotopic (exact) mass is 433 g/mol. The van der Waals surface area contributed by atoms with Crippen LogP contribution in [0, 0.1) is 0 Å². The molecule has 0 aliphatic heterocycles. The molecule has 0 aliphatic rings. The fourth-order valence-corrected chi connectivity index (χ4v) is 3.08. The molecular formula is C24H27N5O3. The van der Waals surface area contributed by atoms with Gasteiger partial charge in [0, 0.05) is 37.6 Å². The molecule has 0 saturated carbocycles. The van der Waals surface area contributed by atoms with Crippen LogP contribution in [0.3, 0.4) is 0 Å². The van der Waals surface area contributed by atoms with Gasteiger partial charge < -0.3 is 21.1 Å². The summed E-state index contributed by atoms with van der Waals surface area (Å²) in [4.78, 5) is 32.5. The van der Waals surface area contributed by atoms with Crippen molar-refractivity contribution in [3.8, 4) is 0 Å². The summed E-state index contributed by atoms with van der Waals surface area (Å²) in [6.45, 7) is 2.27. The first-order valence-electron chi connectivity index (χ1n) is 10.5. The molecule has 2 heterocycles. The number of hydrogen-bond donors (Lipinski definition) is 4. The number of aromatic nitrogens is 2. The molecule has 32 heavy (non-hydrogen) atoms. The highest BCUT2D eigenvalue weighted by molar-refractivity contribution is 5.96. The lowest BCUT2D eigenvalue weighted by molar-refractivity contribution is -0.139. The van der Waals surface area contributed by atoms with Crippen LogP contribution in [0.2, 0.25) is 0 Å². The third-order valence-electron chi connectivity index (χ3n) is 4.82. The van der Waals surface area contributed by atoms with Crippen molar-refractivity contribution in [2.75, 3.05) is 6.54 Å². The first-order valence-corrected chi connectivity index (χ1v) is 10.5. The maximum absolute atomic E-state index is 12.5. The number of carbonyl (C=O) groups excluding carboxylic acids is 1. The van der Waals surface area contributed by atoms with Gasteiger partial charge in [-0.1, -0.05) is 24.3 Å². The van der Waals surface area contributed by atoms with Crippen LogP contribution >= 0.6 is 0 Å². The summed E-state index contributed by atoms with van der Waals surface area (Å²) in [6.07, 6.45) is 3.73. The lowest BCUT2D eigenvalue weighted by atomic mass is 10.1. The number of nitrogens with one attached hydrogen (secondary N) is 3. The molecule has 0 radical (unpaired) electrons. The molecule has 1 amide bonds. The Morgan fingerprint density at radius 2 is 1.44 bits per heavy atom. The molecule has 3 rings (SSSR count). The van der Waals surface area contributed by atoms with Crippen molar-refractivity contribution in [2.45, 2.75) is 32.1 Å². The van der Waals surface area contributed by atoms with Crippen molar-refractivity contribution >= 4 is 11.9 Å². The molecule has 0 fully saturated rings. The number of amides is 1. The lowest BCUT2D eigenvalue weighted by Gasteiger charge is -2.15. The zero-order valence-corrected chi connectivity index (χ0v) is 17.7. The zero-order valence-electron chi connectivity index (χ0n) is 17.7. The normalized spacial score (nSPS) is 11.6. The maximum Gasteiger partial charge on any atom is 0.326 e. The summed E-state index contributed by atoms with van der Waals surface area (Å²) in [5.74, 6) is -1.47. The summed E-state index contributed by atoms with van der Waals surface area (Å²) in [5, 5.41) is 18.5. The average Bonchev–Trinajstić information content (AvgIpc) is 2.82. The van der Waals surface area contributed by atoms with Crippen LogP contribution in [0.5, 0.6) is 0 Å². The van der Waals surface area contributed by atoms with Gasteiger partial charge in [-0.25, -0.2) is 4.79 Å². The molecule has 0 aliphatic carbocycles. The van der Waals surface area contributed by atoms with Gasteiger partial charge in [-0.05, 0) is 54.9 Å². The van der Waals surface area contributed by atoms with Crippen LogP contribution in [-0.2, 0) is 24.4 Å². The van der Waals surface area contributed by atoms with Gasteiger partial charge in [-0.15, -0.1) is 0 Å². The number of carboxylic acid groups (broad SMARTS) is 1. The zero-order chi connectivity index (χ0) is 22.6. The second-order valence-corrected chi connectivity index (χ2v) is 7.27. The van der Waals surface area contributed by atoms with Gasteiger partial charge >= 0.3 is 5.97 Å². The van der Waals surface area contributed by atoms with E-state index in [0.29, 0.717) is 31.7 Å². The van der Waals surface area contributed by atoms with Gasteiger partial charge in [0.15, 0.2) is 0 Å². The summed E-state index contributed by atoms with van der Waals surface area (Å²) < 4.78 is 0. The number of carboxylic acids is 1. The Bertz CT molecular complexity index is 982. The van der Waals surface area contributed by atoms with Gasteiger partial charge in [0.2, 0.25) is 0 Å². The number of nitrogens with zero attached hydrogens (tertiary/aromatic N) is 2. The molecule has 2 aromatic heterocycles. The molecule has 3 aromatic rings.